The van der Waals surface area contributed by atoms with E-state index in [0.717, 1.165) is 40.6 Å². The lowest BCUT2D eigenvalue weighted by atomic mass is 9.86. The summed E-state index contributed by atoms with van der Waals surface area (Å²) in [5.41, 5.74) is 5.15. The standard InChI is InChI=1S/C33H35N5O2/c1-23-11-12-25(33(2,3)4)22-29(23)38-31(17-20-35-38)37-32(39)36-28-13-14-30(27-10-6-5-9-26(27)28)40-21-7-8-24-15-18-34-19-16-24/h5-6,9-20,22H,7-8,21H2,1-4H3,(H2,36,37,39). The molecule has 0 saturated heterocycles. The first-order valence-electron chi connectivity index (χ1n) is 13.6. The summed E-state index contributed by atoms with van der Waals surface area (Å²) in [4.78, 5) is 17.2. The van der Waals surface area contributed by atoms with Crippen molar-refractivity contribution in [2.75, 3.05) is 17.2 Å². The van der Waals surface area contributed by atoms with E-state index in [0.29, 0.717) is 18.1 Å². The summed E-state index contributed by atoms with van der Waals surface area (Å²) in [6.07, 6.45) is 7.13. The fraction of sp³-hybridized carbons (Fsp3) is 0.242. The molecular formula is C33H35N5O2. The molecule has 0 atom stereocenters. The molecule has 5 rings (SSSR count). The summed E-state index contributed by atoms with van der Waals surface area (Å²) in [5.74, 6) is 1.38. The number of amides is 2. The van der Waals surface area contributed by atoms with Crippen LogP contribution in [0.5, 0.6) is 5.75 Å². The number of hydrogen-bond donors (Lipinski definition) is 2. The van der Waals surface area contributed by atoms with Crippen LogP contribution in [0.2, 0.25) is 0 Å². The number of ether oxygens (including phenoxy) is 1. The molecule has 0 bridgehead atoms. The highest BCUT2D eigenvalue weighted by atomic mass is 16.5. The van der Waals surface area contributed by atoms with Crippen molar-refractivity contribution in [3.8, 4) is 11.4 Å². The minimum absolute atomic E-state index is 0.00287. The van der Waals surface area contributed by atoms with Gasteiger partial charge >= 0.3 is 6.03 Å². The molecule has 0 fully saturated rings. The maximum atomic E-state index is 13.1. The molecule has 0 aliphatic carbocycles. The molecule has 2 aromatic heterocycles. The minimum Gasteiger partial charge on any atom is -0.493 e. The Bertz CT molecular complexity index is 1620. The molecule has 7 heteroatoms. The number of pyridine rings is 1. The minimum atomic E-state index is -0.345. The van der Waals surface area contributed by atoms with Gasteiger partial charge in [0, 0.05) is 29.2 Å². The molecule has 40 heavy (non-hydrogen) atoms. The molecule has 2 amide bonds. The highest BCUT2D eigenvalue weighted by molar-refractivity contribution is 6.07. The molecular weight excluding hydrogens is 498 g/mol. The third-order valence-corrected chi connectivity index (χ3v) is 6.94. The molecule has 3 aromatic carbocycles. The molecule has 204 valence electrons. The van der Waals surface area contributed by atoms with E-state index in [1.165, 1.54) is 11.1 Å². The van der Waals surface area contributed by atoms with Crippen molar-refractivity contribution in [3.05, 3.63) is 108 Å². The molecule has 5 aromatic rings. The lowest BCUT2D eigenvalue weighted by Gasteiger charge is -2.21. The Kier molecular flexibility index (Phi) is 7.82. The van der Waals surface area contributed by atoms with E-state index in [-0.39, 0.29) is 11.4 Å². The largest absolute Gasteiger partial charge is 0.493 e. The highest BCUT2D eigenvalue weighted by Gasteiger charge is 2.18. The number of anilines is 2. The molecule has 2 N–H and O–H groups in total. The van der Waals surface area contributed by atoms with Crippen LogP contribution in [0.4, 0.5) is 16.3 Å². The van der Waals surface area contributed by atoms with Crippen molar-refractivity contribution in [1.82, 2.24) is 14.8 Å². The zero-order chi connectivity index (χ0) is 28.1. The predicted molar refractivity (Wildman–Crippen MR) is 162 cm³/mol. The number of aryl methyl sites for hydroxylation is 2. The van der Waals surface area contributed by atoms with Gasteiger partial charge in [-0.25, -0.2) is 9.48 Å². The van der Waals surface area contributed by atoms with Gasteiger partial charge in [0.25, 0.3) is 0 Å². The Balaban J connectivity index is 1.29. The second-order valence-corrected chi connectivity index (χ2v) is 10.9. The number of rotatable bonds is 8. The van der Waals surface area contributed by atoms with Crippen LogP contribution in [-0.2, 0) is 11.8 Å². The Morgan fingerprint density at radius 1 is 0.900 bits per heavy atom. The van der Waals surface area contributed by atoms with Crippen molar-refractivity contribution < 1.29 is 9.53 Å². The van der Waals surface area contributed by atoms with Crippen molar-refractivity contribution in [2.24, 2.45) is 0 Å². The number of nitrogens with zero attached hydrogens (tertiary/aromatic N) is 3. The molecule has 0 unspecified atom stereocenters. The number of aromatic nitrogens is 3. The molecule has 0 radical (unpaired) electrons. The summed E-state index contributed by atoms with van der Waals surface area (Å²) in [6.45, 7) is 9.18. The first-order chi connectivity index (χ1) is 19.3. The first-order valence-corrected chi connectivity index (χ1v) is 13.6. The van der Waals surface area contributed by atoms with Crippen LogP contribution in [0.1, 0.15) is 43.9 Å². The van der Waals surface area contributed by atoms with Gasteiger partial charge in [0.05, 0.1) is 24.2 Å². The van der Waals surface area contributed by atoms with Gasteiger partial charge in [-0.05, 0) is 72.2 Å². The Hall–Kier alpha value is -4.65. The molecule has 0 aliphatic rings. The van der Waals surface area contributed by atoms with Crippen LogP contribution in [0.15, 0.2) is 91.4 Å². The third-order valence-electron chi connectivity index (χ3n) is 6.94. The number of hydrogen-bond acceptors (Lipinski definition) is 4. The first kappa shape index (κ1) is 26.9. The van der Waals surface area contributed by atoms with E-state index < -0.39 is 0 Å². The zero-order valence-electron chi connectivity index (χ0n) is 23.4. The monoisotopic (exact) mass is 533 g/mol. The van der Waals surface area contributed by atoms with Gasteiger partial charge < -0.3 is 10.1 Å². The van der Waals surface area contributed by atoms with Gasteiger partial charge in [0.15, 0.2) is 0 Å². The van der Waals surface area contributed by atoms with Gasteiger partial charge in [-0.15, -0.1) is 0 Å². The van der Waals surface area contributed by atoms with Crippen molar-refractivity contribution in [1.29, 1.82) is 0 Å². The van der Waals surface area contributed by atoms with Gasteiger partial charge in [0.1, 0.15) is 11.6 Å². The van der Waals surface area contributed by atoms with E-state index in [1.54, 1.807) is 16.9 Å². The number of carbonyl (C=O) groups is 1. The number of urea groups is 1. The van der Waals surface area contributed by atoms with E-state index in [1.807, 2.05) is 67.8 Å². The molecule has 0 saturated carbocycles. The normalized spacial score (nSPS) is 11.4. The van der Waals surface area contributed by atoms with E-state index >= 15 is 0 Å². The summed E-state index contributed by atoms with van der Waals surface area (Å²) < 4.78 is 7.91. The van der Waals surface area contributed by atoms with E-state index in [2.05, 4.69) is 59.7 Å². The fourth-order valence-electron chi connectivity index (χ4n) is 4.68. The van der Waals surface area contributed by atoms with Crippen molar-refractivity contribution >= 4 is 28.3 Å². The Morgan fingerprint density at radius 3 is 2.45 bits per heavy atom. The fourth-order valence-corrected chi connectivity index (χ4v) is 4.68. The van der Waals surface area contributed by atoms with Crippen molar-refractivity contribution in [2.45, 2.75) is 46.0 Å². The third kappa shape index (κ3) is 6.15. The molecule has 2 heterocycles. The van der Waals surface area contributed by atoms with Gasteiger partial charge in [-0.2, -0.15) is 5.10 Å². The predicted octanol–water partition coefficient (Wildman–Crippen LogP) is 7.68. The van der Waals surface area contributed by atoms with Crippen LogP contribution in [0.25, 0.3) is 16.5 Å². The Labute approximate surface area is 235 Å². The maximum absolute atomic E-state index is 13.1. The average Bonchev–Trinajstić information content (AvgIpc) is 3.39. The lowest BCUT2D eigenvalue weighted by molar-refractivity contribution is 0.262. The maximum Gasteiger partial charge on any atom is 0.324 e. The number of carbonyl (C=O) groups excluding carboxylic acids is 1. The number of nitrogens with one attached hydrogen (secondary N) is 2. The van der Waals surface area contributed by atoms with E-state index in [4.69, 9.17) is 4.74 Å². The summed E-state index contributed by atoms with van der Waals surface area (Å²) in [5, 5.41) is 12.3. The van der Waals surface area contributed by atoms with Crippen LogP contribution < -0.4 is 15.4 Å². The van der Waals surface area contributed by atoms with Crippen LogP contribution >= 0.6 is 0 Å². The smallest absolute Gasteiger partial charge is 0.324 e. The Morgan fingerprint density at radius 2 is 1.68 bits per heavy atom. The second-order valence-electron chi connectivity index (χ2n) is 10.9. The molecule has 0 spiro atoms. The summed E-state index contributed by atoms with van der Waals surface area (Å²) in [7, 11) is 0. The van der Waals surface area contributed by atoms with Gasteiger partial charge in [-0.1, -0.05) is 57.2 Å². The summed E-state index contributed by atoms with van der Waals surface area (Å²) in [6, 6.07) is 23.6. The topological polar surface area (TPSA) is 81.1 Å². The quantitative estimate of drug-likeness (QED) is 0.200. The van der Waals surface area contributed by atoms with Gasteiger partial charge in [-0.3, -0.25) is 10.3 Å². The van der Waals surface area contributed by atoms with Gasteiger partial charge in [0.2, 0.25) is 0 Å². The zero-order valence-corrected chi connectivity index (χ0v) is 23.4. The average molecular weight is 534 g/mol. The van der Waals surface area contributed by atoms with Crippen LogP contribution in [0.3, 0.4) is 0 Å². The molecule has 0 aliphatic heterocycles. The summed E-state index contributed by atoms with van der Waals surface area (Å²) >= 11 is 0. The number of fused-ring (bicyclic) bond motifs is 1. The molecule has 7 nitrogen and oxygen atoms in total. The van der Waals surface area contributed by atoms with Crippen LogP contribution in [-0.4, -0.2) is 27.4 Å². The SMILES string of the molecule is Cc1ccc(C(C)(C)C)cc1-n1nccc1NC(=O)Nc1ccc(OCCCc2ccncc2)c2ccccc12. The second kappa shape index (κ2) is 11.6. The number of benzene rings is 3. The van der Waals surface area contributed by atoms with Crippen molar-refractivity contribution in [3.63, 3.8) is 0 Å². The lowest BCUT2D eigenvalue weighted by Crippen LogP contribution is -2.22. The van der Waals surface area contributed by atoms with E-state index in [9.17, 15) is 4.79 Å². The van der Waals surface area contributed by atoms with Crippen LogP contribution in [0, 0.1) is 6.92 Å². The highest BCUT2D eigenvalue weighted by Crippen LogP contribution is 2.32.